The lowest BCUT2D eigenvalue weighted by Crippen LogP contribution is -2.43. The standard InChI is InChI=1S/C22H28N2/c1-23-15-8-13-22(17-23)14-16-24(18-22)21(19-9-4-2-5-10-19)20-11-6-3-7-12-20/h2-7,9-12,21H,8,13-18H2,1H3. The first kappa shape index (κ1) is 15.9. The molecule has 0 aromatic heterocycles. The van der Waals surface area contributed by atoms with Crippen molar-refractivity contribution < 1.29 is 0 Å². The Morgan fingerprint density at radius 3 is 2.00 bits per heavy atom. The molecule has 0 amide bonds. The molecule has 2 aliphatic rings. The van der Waals surface area contributed by atoms with Gasteiger partial charge in [-0.25, -0.2) is 0 Å². The predicted octanol–water partition coefficient (Wildman–Crippen LogP) is 4.19. The van der Waals surface area contributed by atoms with E-state index in [-0.39, 0.29) is 0 Å². The zero-order valence-electron chi connectivity index (χ0n) is 14.7. The predicted molar refractivity (Wildman–Crippen MR) is 100 cm³/mol. The second-order valence-electron chi connectivity index (χ2n) is 7.79. The molecule has 1 spiro atoms. The molecule has 2 heteroatoms. The van der Waals surface area contributed by atoms with Gasteiger partial charge in [0.25, 0.3) is 0 Å². The molecule has 1 atom stereocenters. The van der Waals surface area contributed by atoms with Gasteiger partial charge >= 0.3 is 0 Å². The normalized spacial score (nSPS) is 25.6. The van der Waals surface area contributed by atoms with Crippen LogP contribution in [0.1, 0.15) is 36.4 Å². The first-order valence-corrected chi connectivity index (χ1v) is 9.28. The van der Waals surface area contributed by atoms with Crippen molar-refractivity contribution in [2.75, 3.05) is 33.2 Å². The molecule has 2 heterocycles. The molecule has 126 valence electrons. The number of benzene rings is 2. The van der Waals surface area contributed by atoms with E-state index >= 15 is 0 Å². The lowest BCUT2D eigenvalue weighted by Gasteiger charge is -2.39. The van der Waals surface area contributed by atoms with E-state index < -0.39 is 0 Å². The molecule has 0 aliphatic carbocycles. The topological polar surface area (TPSA) is 6.48 Å². The van der Waals surface area contributed by atoms with Crippen LogP contribution in [0.15, 0.2) is 60.7 Å². The Labute approximate surface area is 146 Å². The molecule has 2 nitrogen and oxygen atoms in total. The number of nitrogens with zero attached hydrogens (tertiary/aromatic N) is 2. The van der Waals surface area contributed by atoms with Crippen LogP contribution in [0.25, 0.3) is 0 Å². The van der Waals surface area contributed by atoms with Gasteiger partial charge in [0, 0.05) is 13.1 Å². The molecular formula is C22H28N2. The summed E-state index contributed by atoms with van der Waals surface area (Å²) < 4.78 is 0. The van der Waals surface area contributed by atoms with Gasteiger partial charge in [-0.05, 0) is 55.9 Å². The lowest BCUT2D eigenvalue weighted by molar-refractivity contribution is 0.108. The Balaban J connectivity index is 1.63. The highest BCUT2D eigenvalue weighted by atomic mass is 15.2. The minimum Gasteiger partial charge on any atom is -0.306 e. The van der Waals surface area contributed by atoms with Gasteiger partial charge in [0.1, 0.15) is 0 Å². The van der Waals surface area contributed by atoms with E-state index in [0.717, 1.165) is 0 Å². The second-order valence-corrected chi connectivity index (χ2v) is 7.79. The summed E-state index contributed by atoms with van der Waals surface area (Å²) in [5.41, 5.74) is 3.35. The van der Waals surface area contributed by atoms with Gasteiger partial charge in [0.05, 0.1) is 6.04 Å². The third kappa shape index (κ3) is 3.13. The van der Waals surface area contributed by atoms with Crippen molar-refractivity contribution in [3.05, 3.63) is 71.8 Å². The summed E-state index contributed by atoms with van der Waals surface area (Å²) in [6.07, 6.45) is 4.09. The van der Waals surface area contributed by atoms with E-state index in [9.17, 15) is 0 Å². The minimum absolute atomic E-state index is 0.388. The molecule has 4 rings (SSSR count). The van der Waals surface area contributed by atoms with Crippen molar-refractivity contribution in [2.45, 2.75) is 25.3 Å². The highest BCUT2D eigenvalue weighted by molar-refractivity contribution is 5.32. The molecule has 2 fully saturated rings. The van der Waals surface area contributed by atoms with Gasteiger partial charge < -0.3 is 4.90 Å². The van der Waals surface area contributed by atoms with Crippen LogP contribution in [-0.4, -0.2) is 43.0 Å². The average Bonchev–Trinajstić information content (AvgIpc) is 2.99. The highest BCUT2D eigenvalue weighted by Gasteiger charge is 2.42. The first-order chi connectivity index (χ1) is 11.8. The van der Waals surface area contributed by atoms with Gasteiger partial charge in [-0.2, -0.15) is 0 Å². The first-order valence-electron chi connectivity index (χ1n) is 9.28. The van der Waals surface area contributed by atoms with E-state index in [4.69, 9.17) is 0 Å². The maximum atomic E-state index is 2.73. The Morgan fingerprint density at radius 1 is 0.792 bits per heavy atom. The van der Waals surface area contributed by atoms with E-state index in [2.05, 4.69) is 77.5 Å². The average molecular weight is 320 g/mol. The summed E-state index contributed by atoms with van der Waals surface area (Å²) in [7, 11) is 2.29. The molecule has 0 radical (unpaired) electrons. The molecule has 24 heavy (non-hydrogen) atoms. The molecule has 0 N–H and O–H groups in total. The molecule has 2 aliphatic heterocycles. The van der Waals surface area contributed by atoms with E-state index in [0.29, 0.717) is 11.5 Å². The van der Waals surface area contributed by atoms with Gasteiger partial charge in [0.15, 0.2) is 0 Å². The fourth-order valence-electron chi connectivity index (χ4n) is 4.86. The molecule has 0 saturated carbocycles. The zero-order chi connectivity index (χ0) is 16.4. The molecule has 0 bridgehead atoms. The molecule has 2 aromatic rings. The summed E-state index contributed by atoms with van der Waals surface area (Å²) in [6.45, 7) is 4.97. The van der Waals surface area contributed by atoms with Gasteiger partial charge in [-0.15, -0.1) is 0 Å². The van der Waals surface area contributed by atoms with Gasteiger partial charge in [-0.3, -0.25) is 4.90 Å². The quantitative estimate of drug-likeness (QED) is 0.836. The lowest BCUT2D eigenvalue weighted by atomic mass is 9.79. The van der Waals surface area contributed by atoms with Crippen LogP contribution < -0.4 is 0 Å². The van der Waals surface area contributed by atoms with Crippen molar-refractivity contribution in [3.63, 3.8) is 0 Å². The number of rotatable bonds is 3. The Kier molecular flexibility index (Phi) is 4.43. The SMILES string of the molecule is CN1CCCC2(CCN(C(c3ccccc3)c3ccccc3)C2)C1. The third-order valence-electron chi connectivity index (χ3n) is 5.92. The summed E-state index contributed by atoms with van der Waals surface area (Å²) in [4.78, 5) is 5.26. The summed E-state index contributed by atoms with van der Waals surface area (Å²) in [5.74, 6) is 0. The fourth-order valence-corrected chi connectivity index (χ4v) is 4.86. The fraction of sp³-hybridized carbons (Fsp3) is 0.455. The van der Waals surface area contributed by atoms with Crippen LogP contribution in [0.5, 0.6) is 0 Å². The van der Waals surface area contributed by atoms with Crippen LogP contribution in [0.2, 0.25) is 0 Å². The summed E-state index contributed by atoms with van der Waals surface area (Å²) in [5, 5.41) is 0. The van der Waals surface area contributed by atoms with Crippen LogP contribution >= 0.6 is 0 Å². The van der Waals surface area contributed by atoms with E-state index in [1.165, 1.54) is 56.6 Å². The number of hydrogen-bond acceptors (Lipinski definition) is 2. The number of piperidine rings is 1. The van der Waals surface area contributed by atoms with Crippen LogP contribution in [0.4, 0.5) is 0 Å². The van der Waals surface area contributed by atoms with Crippen molar-refractivity contribution in [1.82, 2.24) is 9.80 Å². The monoisotopic (exact) mass is 320 g/mol. The van der Waals surface area contributed by atoms with Crippen molar-refractivity contribution >= 4 is 0 Å². The summed E-state index contributed by atoms with van der Waals surface area (Å²) in [6, 6.07) is 22.5. The zero-order valence-corrected chi connectivity index (χ0v) is 14.7. The summed E-state index contributed by atoms with van der Waals surface area (Å²) >= 11 is 0. The van der Waals surface area contributed by atoms with Crippen molar-refractivity contribution in [2.24, 2.45) is 5.41 Å². The highest BCUT2D eigenvalue weighted by Crippen LogP contribution is 2.43. The van der Waals surface area contributed by atoms with Crippen LogP contribution in [0.3, 0.4) is 0 Å². The van der Waals surface area contributed by atoms with Gasteiger partial charge in [0.2, 0.25) is 0 Å². The Hall–Kier alpha value is -1.64. The maximum absolute atomic E-state index is 2.73. The van der Waals surface area contributed by atoms with Crippen molar-refractivity contribution in [3.8, 4) is 0 Å². The van der Waals surface area contributed by atoms with Crippen molar-refractivity contribution in [1.29, 1.82) is 0 Å². The van der Waals surface area contributed by atoms with Gasteiger partial charge in [-0.1, -0.05) is 60.7 Å². The Morgan fingerprint density at radius 2 is 1.42 bits per heavy atom. The van der Waals surface area contributed by atoms with E-state index in [1.807, 2.05) is 0 Å². The largest absolute Gasteiger partial charge is 0.306 e. The molecule has 1 unspecified atom stereocenters. The Bertz CT molecular complexity index is 615. The molecule has 2 aromatic carbocycles. The third-order valence-corrected chi connectivity index (χ3v) is 5.92. The number of hydrogen-bond donors (Lipinski definition) is 0. The second kappa shape index (κ2) is 6.70. The molecule has 2 saturated heterocycles. The number of likely N-dealkylation sites (tertiary alicyclic amines) is 2. The minimum atomic E-state index is 0.388. The smallest absolute Gasteiger partial charge is 0.0602 e. The van der Waals surface area contributed by atoms with Crippen LogP contribution in [0, 0.1) is 5.41 Å². The van der Waals surface area contributed by atoms with Crippen LogP contribution in [-0.2, 0) is 0 Å². The molecular weight excluding hydrogens is 292 g/mol. The maximum Gasteiger partial charge on any atom is 0.0602 e. The van der Waals surface area contributed by atoms with E-state index in [1.54, 1.807) is 0 Å².